The molecule has 2 rings (SSSR count). The van der Waals surface area contributed by atoms with Crippen LogP contribution in [0.2, 0.25) is 0 Å². The Kier molecular flexibility index (Phi) is 4.61. The van der Waals surface area contributed by atoms with Crippen LogP contribution < -0.4 is 5.32 Å². The second-order valence-corrected chi connectivity index (χ2v) is 5.19. The molecule has 20 heavy (non-hydrogen) atoms. The van der Waals surface area contributed by atoms with Gasteiger partial charge in [0.15, 0.2) is 0 Å². The maximum Gasteiger partial charge on any atom is 0.241 e. The summed E-state index contributed by atoms with van der Waals surface area (Å²) in [6, 6.07) is 6.15. The molecule has 0 saturated carbocycles. The Bertz CT molecular complexity index is 494. The lowest BCUT2D eigenvalue weighted by atomic mass is 10.1. The fraction of sp³-hybridized carbons (Fsp3) is 0.467. The smallest absolute Gasteiger partial charge is 0.241 e. The molecule has 0 radical (unpaired) electrons. The quantitative estimate of drug-likeness (QED) is 0.835. The Morgan fingerprint density at radius 1 is 1.25 bits per heavy atom. The maximum absolute atomic E-state index is 12.1. The first-order valence-electron chi connectivity index (χ1n) is 6.88. The molecule has 1 saturated heterocycles. The van der Waals surface area contributed by atoms with Crippen LogP contribution in [0.5, 0.6) is 0 Å². The van der Waals surface area contributed by atoms with Crippen molar-refractivity contribution in [3.8, 4) is 0 Å². The highest BCUT2D eigenvalue weighted by Gasteiger charge is 2.19. The van der Waals surface area contributed by atoms with Crippen molar-refractivity contribution in [1.82, 2.24) is 9.80 Å². The van der Waals surface area contributed by atoms with Gasteiger partial charge in [0.05, 0.1) is 6.54 Å². The first-order chi connectivity index (χ1) is 9.60. The van der Waals surface area contributed by atoms with Crippen molar-refractivity contribution in [1.29, 1.82) is 0 Å². The number of carbonyl (C=O) groups excluding carboxylic acids is 2. The molecule has 108 valence electrons. The summed E-state index contributed by atoms with van der Waals surface area (Å²) in [6.45, 7) is 6.83. The summed E-state index contributed by atoms with van der Waals surface area (Å²) in [7, 11) is 0. The van der Waals surface area contributed by atoms with Crippen LogP contribution in [0, 0.1) is 13.8 Å². The minimum Gasteiger partial charge on any atom is -0.376 e. The van der Waals surface area contributed by atoms with Gasteiger partial charge < -0.3 is 15.1 Å². The summed E-state index contributed by atoms with van der Waals surface area (Å²) in [5.41, 5.74) is 3.31. The number of anilines is 1. The molecule has 1 aliphatic heterocycles. The van der Waals surface area contributed by atoms with E-state index in [1.165, 1.54) is 5.56 Å². The molecule has 1 fully saturated rings. The van der Waals surface area contributed by atoms with Crippen molar-refractivity contribution >= 4 is 18.0 Å². The Balaban J connectivity index is 1.86. The molecule has 0 unspecified atom stereocenters. The molecule has 2 amide bonds. The van der Waals surface area contributed by atoms with Crippen molar-refractivity contribution < 1.29 is 9.59 Å². The molecule has 0 bridgehead atoms. The first-order valence-corrected chi connectivity index (χ1v) is 6.88. The predicted octanol–water partition coefficient (Wildman–Crippen LogP) is 1.02. The molecule has 0 atom stereocenters. The molecule has 5 heteroatoms. The summed E-state index contributed by atoms with van der Waals surface area (Å²) in [5.74, 6) is 0.0801. The fourth-order valence-electron chi connectivity index (χ4n) is 2.29. The minimum atomic E-state index is 0.0801. The van der Waals surface area contributed by atoms with Gasteiger partial charge in [-0.1, -0.05) is 12.1 Å². The molecular weight excluding hydrogens is 254 g/mol. The van der Waals surface area contributed by atoms with Gasteiger partial charge in [-0.05, 0) is 31.0 Å². The van der Waals surface area contributed by atoms with Crippen LogP contribution in [-0.4, -0.2) is 54.8 Å². The summed E-state index contributed by atoms with van der Waals surface area (Å²) in [4.78, 5) is 26.2. The second-order valence-electron chi connectivity index (χ2n) is 5.19. The van der Waals surface area contributed by atoms with Crippen LogP contribution in [0.4, 0.5) is 5.69 Å². The van der Waals surface area contributed by atoms with Crippen molar-refractivity contribution in [2.24, 2.45) is 0 Å². The Hall–Kier alpha value is -2.04. The first kappa shape index (κ1) is 14.4. The summed E-state index contributed by atoms with van der Waals surface area (Å²) < 4.78 is 0. The number of amides is 2. The number of aryl methyl sites for hydroxylation is 2. The van der Waals surface area contributed by atoms with E-state index in [-0.39, 0.29) is 5.91 Å². The van der Waals surface area contributed by atoms with Crippen LogP contribution in [0.25, 0.3) is 0 Å². The molecule has 1 heterocycles. The van der Waals surface area contributed by atoms with E-state index < -0.39 is 0 Å². The van der Waals surface area contributed by atoms with Crippen molar-refractivity contribution in [3.05, 3.63) is 29.3 Å². The molecule has 0 aliphatic carbocycles. The third-order valence-electron chi connectivity index (χ3n) is 3.64. The van der Waals surface area contributed by atoms with Gasteiger partial charge >= 0.3 is 0 Å². The molecule has 1 aromatic rings. The van der Waals surface area contributed by atoms with Crippen molar-refractivity contribution in [2.75, 3.05) is 38.0 Å². The van der Waals surface area contributed by atoms with Gasteiger partial charge in [0.25, 0.3) is 0 Å². The molecule has 1 aliphatic rings. The average Bonchev–Trinajstić information content (AvgIpc) is 2.48. The zero-order valence-electron chi connectivity index (χ0n) is 12.1. The number of hydrogen-bond acceptors (Lipinski definition) is 3. The Labute approximate surface area is 119 Å². The number of nitrogens with zero attached hydrogens (tertiary/aromatic N) is 2. The molecule has 5 nitrogen and oxygen atoms in total. The summed E-state index contributed by atoms with van der Waals surface area (Å²) >= 11 is 0. The van der Waals surface area contributed by atoms with Gasteiger partial charge in [0, 0.05) is 31.9 Å². The van der Waals surface area contributed by atoms with Crippen molar-refractivity contribution in [2.45, 2.75) is 13.8 Å². The van der Waals surface area contributed by atoms with Crippen LogP contribution in [0.1, 0.15) is 11.1 Å². The standard InChI is InChI=1S/C15H21N3O2/c1-12-3-4-13(2)14(9-12)16-10-15(20)18-7-5-17(11-19)6-8-18/h3-4,9,11,16H,5-8,10H2,1-2H3. The number of rotatable bonds is 4. The number of carbonyl (C=O) groups is 2. The van der Waals surface area contributed by atoms with Gasteiger partial charge in [-0.25, -0.2) is 0 Å². The Morgan fingerprint density at radius 2 is 1.95 bits per heavy atom. The van der Waals surface area contributed by atoms with E-state index >= 15 is 0 Å². The third kappa shape index (κ3) is 3.50. The highest BCUT2D eigenvalue weighted by Crippen LogP contribution is 2.16. The van der Waals surface area contributed by atoms with Crippen LogP contribution in [-0.2, 0) is 9.59 Å². The zero-order chi connectivity index (χ0) is 14.5. The summed E-state index contributed by atoms with van der Waals surface area (Å²) in [5, 5.41) is 3.20. The second kappa shape index (κ2) is 6.41. The van der Waals surface area contributed by atoms with Gasteiger partial charge in [0.2, 0.25) is 12.3 Å². The summed E-state index contributed by atoms with van der Waals surface area (Å²) in [6.07, 6.45) is 0.843. The number of benzene rings is 1. The molecule has 1 N–H and O–H groups in total. The average molecular weight is 275 g/mol. The van der Waals surface area contributed by atoms with E-state index in [0.29, 0.717) is 32.7 Å². The van der Waals surface area contributed by atoms with Gasteiger partial charge in [-0.15, -0.1) is 0 Å². The highest BCUT2D eigenvalue weighted by atomic mass is 16.2. The number of hydrogen-bond donors (Lipinski definition) is 1. The normalized spacial score (nSPS) is 15.1. The van der Waals surface area contributed by atoms with E-state index in [0.717, 1.165) is 17.7 Å². The zero-order valence-corrected chi connectivity index (χ0v) is 12.1. The van der Waals surface area contributed by atoms with E-state index in [1.807, 2.05) is 26.0 Å². The topological polar surface area (TPSA) is 52.7 Å². The van der Waals surface area contributed by atoms with Crippen LogP contribution in [0.3, 0.4) is 0 Å². The fourth-order valence-corrected chi connectivity index (χ4v) is 2.29. The molecule has 0 aromatic heterocycles. The molecule has 1 aromatic carbocycles. The SMILES string of the molecule is Cc1ccc(C)c(NCC(=O)N2CCN(C=O)CC2)c1. The lowest BCUT2D eigenvalue weighted by molar-refractivity contribution is -0.133. The lowest BCUT2D eigenvalue weighted by Gasteiger charge is -2.32. The van der Waals surface area contributed by atoms with E-state index in [1.54, 1.807) is 9.80 Å². The largest absolute Gasteiger partial charge is 0.376 e. The number of piperazine rings is 1. The monoisotopic (exact) mass is 275 g/mol. The highest BCUT2D eigenvalue weighted by molar-refractivity contribution is 5.81. The van der Waals surface area contributed by atoms with Gasteiger partial charge in [-0.2, -0.15) is 0 Å². The Morgan fingerprint density at radius 3 is 2.60 bits per heavy atom. The predicted molar refractivity (Wildman–Crippen MR) is 78.6 cm³/mol. The van der Waals surface area contributed by atoms with Crippen molar-refractivity contribution in [3.63, 3.8) is 0 Å². The minimum absolute atomic E-state index is 0.0801. The third-order valence-corrected chi connectivity index (χ3v) is 3.64. The van der Waals surface area contributed by atoms with Gasteiger partial charge in [0.1, 0.15) is 0 Å². The van der Waals surface area contributed by atoms with E-state index in [4.69, 9.17) is 0 Å². The van der Waals surface area contributed by atoms with Crippen LogP contribution in [0.15, 0.2) is 18.2 Å². The molecule has 0 spiro atoms. The lowest BCUT2D eigenvalue weighted by Crippen LogP contribution is -2.49. The number of nitrogens with one attached hydrogen (secondary N) is 1. The maximum atomic E-state index is 12.1. The van der Waals surface area contributed by atoms with E-state index in [2.05, 4.69) is 11.4 Å². The van der Waals surface area contributed by atoms with Crippen LogP contribution >= 0.6 is 0 Å². The van der Waals surface area contributed by atoms with Gasteiger partial charge in [-0.3, -0.25) is 9.59 Å². The molecular formula is C15H21N3O2. The van der Waals surface area contributed by atoms with E-state index in [9.17, 15) is 9.59 Å².